The van der Waals surface area contributed by atoms with E-state index in [2.05, 4.69) is 34.6 Å². The van der Waals surface area contributed by atoms with Crippen molar-refractivity contribution in [3.05, 3.63) is 42.1 Å². The number of rotatable bonds is 4. The Labute approximate surface area is 120 Å². The summed E-state index contributed by atoms with van der Waals surface area (Å²) < 4.78 is 6.10. The van der Waals surface area contributed by atoms with E-state index in [1.807, 2.05) is 19.3 Å². The Morgan fingerprint density at radius 1 is 1.15 bits per heavy atom. The first-order valence-corrected chi connectivity index (χ1v) is 7.48. The van der Waals surface area contributed by atoms with Gasteiger partial charge in [-0.3, -0.25) is 4.98 Å². The van der Waals surface area contributed by atoms with Crippen LogP contribution in [0.1, 0.15) is 31.2 Å². The van der Waals surface area contributed by atoms with E-state index in [0.29, 0.717) is 18.8 Å². The molecule has 0 saturated heterocycles. The van der Waals surface area contributed by atoms with Crippen molar-refractivity contribution in [1.82, 2.24) is 10.3 Å². The summed E-state index contributed by atoms with van der Waals surface area (Å²) in [4.78, 5) is 4.48. The van der Waals surface area contributed by atoms with Crippen LogP contribution in [0.25, 0.3) is 10.9 Å². The van der Waals surface area contributed by atoms with E-state index >= 15 is 0 Å². The van der Waals surface area contributed by atoms with Crippen molar-refractivity contribution in [2.24, 2.45) is 0 Å². The summed E-state index contributed by atoms with van der Waals surface area (Å²) in [6.45, 7) is 0.670. The van der Waals surface area contributed by atoms with E-state index in [0.717, 1.165) is 18.4 Å². The third-order valence-corrected chi connectivity index (χ3v) is 4.27. The Bertz CT molecular complexity index is 556. The number of hydrogen-bond donors (Lipinski definition) is 1. The SMILES string of the molecule is CNC1CCC(OCc2cccc3cccnc23)CC1. The average molecular weight is 270 g/mol. The van der Waals surface area contributed by atoms with Gasteiger partial charge in [-0.05, 0) is 38.8 Å². The van der Waals surface area contributed by atoms with Gasteiger partial charge in [0.1, 0.15) is 0 Å². The van der Waals surface area contributed by atoms with Crippen LogP contribution in [-0.4, -0.2) is 24.2 Å². The lowest BCUT2D eigenvalue weighted by atomic mass is 9.93. The second-order valence-corrected chi connectivity index (χ2v) is 5.57. The summed E-state index contributed by atoms with van der Waals surface area (Å²) in [5, 5.41) is 4.54. The van der Waals surface area contributed by atoms with Crippen molar-refractivity contribution in [3.8, 4) is 0 Å². The van der Waals surface area contributed by atoms with Gasteiger partial charge in [0.15, 0.2) is 0 Å². The lowest BCUT2D eigenvalue weighted by molar-refractivity contribution is 0.0123. The van der Waals surface area contributed by atoms with Gasteiger partial charge >= 0.3 is 0 Å². The fraction of sp³-hybridized carbons (Fsp3) is 0.471. The predicted octanol–water partition coefficient (Wildman–Crippen LogP) is 3.28. The average Bonchev–Trinajstić information content (AvgIpc) is 2.53. The van der Waals surface area contributed by atoms with E-state index in [1.165, 1.54) is 23.8 Å². The highest BCUT2D eigenvalue weighted by Gasteiger charge is 2.20. The number of benzene rings is 1. The number of aromatic nitrogens is 1. The maximum Gasteiger partial charge on any atom is 0.0757 e. The molecule has 0 amide bonds. The zero-order chi connectivity index (χ0) is 13.8. The van der Waals surface area contributed by atoms with Gasteiger partial charge in [0, 0.05) is 23.2 Å². The van der Waals surface area contributed by atoms with Gasteiger partial charge in [-0.1, -0.05) is 24.3 Å². The van der Waals surface area contributed by atoms with Crippen LogP contribution >= 0.6 is 0 Å². The Balaban J connectivity index is 1.63. The second kappa shape index (κ2) is 6.33. The summed E-state index contributed by atoms with van der Waals surface area (Å²) in [7, 11) is 2.05. The molecular weight excluding hydrogens is 248 g/mol. The van der Waals surface area contributed by atoms with Crippen molar-refractivity contribution in [2.45, 2.75) is 44.4 Å². The first-order valence-electron chi connectivity index (χ1n) is 7.48. The molecule has 3 rings (SSSR count). The lowest BCUT2D eigenvalue weighted by Gasteiger charge is -2.28. The molecule has 106 valence electrons. The third-order valence-electron chi connectivity index (χ3n) is 4.27. The molecule has 1 heterocycles. The van der Waals surface area contributed by atoms with Crippen molar-refractivity contribution in [2.75, 3.05) is 7.05 Å². The number of nitrogens with zero attached hydrogens (tertiary/aromatic N) is 1. The van der Waals surface area contributed by atoms with Crippen LogP contribution < -0.4 is 5.32 Å². The van der Waals surface area contributed by atoms with Gasteiger partial charge in [-0.25, -0.2) is 0 Å². The minimum absolute atomic E-state index is 0.401. The number of para-hydroxylation sites is 1. The molecule has 0 radical (unpaired) electrons. The first-order chi connectivity index (χ1) is 9.86. The maximum absolute atomic E-state index is 6.10. The van der Waals surface area contributed by atoms with Crippen LogP contribution in [0, 0.1) is 0 Å². The summed E-state index contributed by atoms with van der Waals surface area (Å²) in [5.41, 5.74) is 2.26. The van der Waals surface area contributed by atoms with Crippen LogP contribution in [0.4, 0.5) is 0 Å². The fourth-order valence-electron chi connectivity index (χ4n) is 3.01. The minimum Gasteiger partial charge on any atom is -0.373 e. The molecular formula is C17H22N2O. The van der Waals surface area contributed by atoms with E-state index < -0.39 is 0 Å². The molecule has 3 nitrogen and oxygen atoms in total. The number of hydrogen-bond acceptors (Lipinski definition) is 3. The lowest BCUT2D eigenvalue weighted by Crippen LogP contribution is -2.32. The topological polar surface area (TPSA) is 34.1 Å². The molecule has 20 heavy (non-hydrogen) atoms. The smallest absolute Gasteiger partial charge is 0.0757 e. The molecule has 0 bridgehead atoms. The molecule has 1 saturated carbocycles. The molecule has 2 aromatic rings. The summed E-state index contributed by atoms with van der Waals surface area (Å²) in [6, 6.07) is 11.1. The second-order valence-electron chi connectivity index (χ2n) is 5.57. The molecule has 0 spiro atoms. The van der Waals surface area contributed by atoms with E-state index in [9.17, 15) is 0 Å². The fourth-order valence-corrected chi connectivity index (χ4v) is 3.01. The maximum atomic E-state index is 6.10. The number of nitrogens with one attached hydrogen (secondary N) is 1. The molecule has 1 N–H and O–H groups in total. The predicted molar refractivity (Wildman–Crippen MR) is 81.6 cm³/mol. The van der Waals surface area contributed by atoms with Crippen LogP contribution in [-0.2, 0) is 11.3 Å². The van der Waals surface area contributed by atoms with Crippen molar-refractivity contribution < 1.29 is 4.74 Å². The summed E-state index contributed by atoms with van der Waals surface area (Å²) in [5.74, 6) is 0. The summed E-state index contributed by atoms with van der Waals surface area (Å²) >= 11 is 0. The Morgan fingerprint density at radius 3 is 2.75 bits per heavy atom. The van der Waals surface area contributed by atoms with Gasteiger partial charge in [0.05, 0.1) is 18.2 Å². The van der Waals surface area contributed by atoms with Gasteiger partial charge in [0.2, 0.25) is 0 Å². The number of ether oxygens (including phenoxy) is 1. The highest BCUT2D eigenvalue weighted by molar-refractivity contribution is 5.81. The van der Waals surface area contributed by atoms with Gasteiger partial charge < -0.3 is 10.1 Å². The molecule has 0 unspecified atom stereocenters. The monoisotopic (exact) mass is 270 g/mol. The number of fused-ring (bicyclic) bond motifs is 1. The van der Waals surface area contributed by atoms with Crippen molar-refractivity contribution in [1.29, 1.82) is 0 Å². The molecule has 0 atom stereocenters. The Hall–Kier alpha value is -1.45. The Morgan fingerprint density at radius 2 is 1.95 bits per heavy atom. The zero-order valence-electron chi connectivity index (χ0n) is 12.0. The Kier molecular flexibility index (Phi) is 4.28. The van der Waals surface area contributed by atoms with Gasteiger partial charge in [-0.2, -0.15) is 0 Å². The highest BCUT2D eigenvalue weighted by atomic mass is 16.5. The standard InChI is InChI=1S/C17H22N2O/c1-18-15-7-9-16(10-8-15)20-12-14-5-2-4-13-6-3-11-19-17(13)14/h2-6,11,15-16,18H,7-10,12H2,1H3. The minimum atomic E-state index is 0.401. The van der Waals surface area contributed by atoms with Crippen LogP contribution in [0.2, 0.25) is 0 Å². The van der Waals surface area contributed by atoms with Crippen molar-refractivity contribution in [3.63, 3.8) is 0 Å². The zero-order valence-corrected chi connectivity index (χ0v) is 12.0. The summed E-state index contributed by atoms with van der Waals surface area (Å²) in [6.07, 6.45) is 7.00. The van der Waals surface area contributed by atoms with Crippen molar-refractivity contribution >= 4 is 10.9 Å². The highest BCUT2D eigenvalue weighted by Crippen LogP contribution is 2.23. The number of pyridine rings is 1. The van der Waals surface area contributed by atoms with Gasteiger partial charge in [0.25, 0.3) is 0 Å². The molecule has 1 fully saturated rings. The van der Waals surface area contributed by atoms with Gasteiger partial charge in [-0.15, -0.1) is 0 Å². The quantitative estimate of drug-likeness (QED) is 0.925. The normalized spacial score (nSPS) is 23.1. The van der Waals surface area contributed by atoms with Crippen LogP contribution in [0.15, 0.2) is 36.5 Å². The van der Waals surface area contributed by atoms with E-state index in [-0.39, 0.29) is 0 Å². The first kappa shape index (κ1) is 13.5. The van der Waals surface area contributed by atoms with E-state index in [4.69, 9.17) is 4.74 Å². The van der Waals surface area contributed by atoms with E-state index in [1.54, 1.807) is 0 Å². The molecule has 1 aliphatic rings. The van der Waals surface area contributed by atoms with Crippen LogP contribution in [0.5, 0.6) is 0 Å². The molecule has 0 aliphatic heterocycles. The van der Waals surface area contributed by atoms with Crippen LogP contribution in [0.3, 0.4) is 0 Å². The molecule has 1 aromatic carbocycles. The molecule has 1 aromatic heterocycles. The molecule has 1 aliphatic carbocycles. The molecule has 3 heteroatoms. The largest absolute Gasteiger partial charge is 0.373 e. The third kappa shape index (κ3) is 3.00.